The highest BCUT2D eigenvalue weighted by Crippen LogP contribution is 2.19. The Morgan fingerprint density at radius 1 is 1.44 bits per heavy atom. The zero-order chi connectivity index (χ0) is 13.5. The van der Waals surface area contributed by atoms with Gasteiger partial charge in [0.25, 0.3) is 0 Å². The van der Waals surface area contributed by atoms with E-state index in [-0.39, 0.29) is 11.9 Å². The van der Waals surface area contributed by atoms with Gasteiger partial charge in [0.1, 0.15) is 5.75 Å². The summed E-state index contributed by atoms with van der Waals surface area (Å²) in [6.45, 7) is 6.11. The zero-order valence-electron chi connectivity index (χ0n) is 11.7. The molecular weight excluding hydrogens is 226 g/mol. The van der Waals surface area contributed by atoms with Crippen molar-refractivity contribution in [2.24, 2.45) is 0 Å². The van der Waals surface area contributed by atoms with Gasteiger partial charge in [0.15, 0.2) is 0 Å². The molecule has 0 fully saturated rings. The largest absolute Gasteiger partial charge is 0.496 e. The van der Waals surface area contributed by atoms with Crippen molar-refractivity contribution in [1.29, 1.82) is 0 Å². The number of aryl methyl sites for hydroxylation is 2. The highest BCUT2D eigenvalue weighted by atomic mass is 16.5. The van der Waals surface area contributed by atoms with E-state index in [1.807, 2.05) is 26.0 Å². The van der Waals surface area contributed by atoms with E-state index in [0.29, 0.717) is 6.42 Å². The van der Waals surface area contributed by atoms with Gasteiger partial charge >= 0.3 is 0 Å². The van der Waals surface area contributed by atoms with Crippen LogP contribution in [0.5, 0.6) is 5.75 Å². The van der Waals surface area contributed by atoms with E-state index < -0.39 is 0 Å². The first-order chi connectivity index (χ1) is 8.56. The number of amides is 1. The molecule has 0 unspecified atom stereocenters. The molecule has 1 aromatic rings. The van der Waals surface area contributed by atoms with Crippen molar-refractivity contribution in [1.82, 2.24) is 5.32 Å². The second-order valence-electron chi connectivity index (χ2n) is 4.68. The van der Waals surface area contributed by atoms with Crippen molar-refractivity contribution in [3.05, 3.63) is 29.3 Å². The van der Waals surface area contributed by atoms with Gasteiger partial charge in [-0.3, -0.25) is 4.79 Å². The number of methoxy groups -OCH3 is 1. The van der Waals surface area contributed by atoms with Crippen LogP contribution < -0.4 is 10.1 Å². The smallest absolute Gasteiger partial charge is 0.220 e. The van der Waals surface area contributed by atoms with Crippen LogP contribution in [0.4, 0.5) is 0 Å². The molecule has 0 aliphatic carbocycles. The highest BCUT2D eigenvalue weighted by molar-refractivity contribution is 5.76. The molecule has 0 heterocycles. The van der Waals surface area contributed by atoms with Gasteiger partial charge in [0, 0.05) is 12.5 Å². The van der Waals surface area contributed by atoms with Crippen LogP contribution in [0.15, 0.2) is 18.2 Å². The second-order valence-corrected chi connectivity index (χ2v) is 4.68. The monoisotopic (exact) mass is 249 g/mol. The van der Waals surface area contributed by atoms with E-state index in [1.54, 1.807) is 7.11 Å². The first-order valence-corrected chi connectivity index (χ1v) is 6.49. The molecule has 0 spiro atoms. The lowest BCUT2D eigenvalue weighted by Gasteiger charge is -2.11. The predicted molar refractivity (Wildman–Crippen MR) is 73.9 cm³/mol. The average Bonchev–Trinajstić information content (AvgIpc) is 2.36. The molecule has 1 amide bonds. The lowest BCUT2D eigenvalue weighted by Crippen LogP contribution is -2.32. The first kappa shape index (κ1) is 14.6. The Hall–Kier alpha value is -1.51. The Bertz CT molecular complexity index is 401. The van der Waals surface area contributed by atoms with Gasteiger partial charge in [-0.05, 0) is 43.9 Å². The number of rotatable bonds is 6. The standard InChI is InChI=1S/C15H23NO2/c1-5-12(3)16-15(17)9-7-13-6-8-14(18-4)11(2)10-13/h6,8,10,12H,5,7,9H2,1-4H3,(H,16,17)/t12-/m1/s1. The number of hydrogen-bond acceptors (Lipinski definition) is 2. The second kappa shape index (κ2) is 7.04. The summed E-state index contributed by atoms with van der Waals surface area (Å²) in [6.07, 6.45) is 2.27. The van der Waals surface area contributed by atoms with E-state index in [4.69, 9.17) is 4.74 Å². The SMILES string of the molecule is CC[C@@H](C)NC(=O)CCc1ccc(OC)c(C)c1. The Labute approximate surface area is 110 Å². The normalized spacial score (nSPS) is 12.0. The zero-order valence-corrected chi connectivity index (χ0v) is 11.7. The molecule has 0 aromatic heterocycles. The van der Waals surface area contributed by atoms with Crippen molar-refractivity contribution in [3.63, 3.8) is 0 Å². The Kier molecular flexibility index (Phi) is 5.69. The van der Waals surface area contributed by atoms with E-state index in [9.17, 15) is 4.79 Å². The fourth-order valence-electron chi connectivity index (χ4n) is 1.80. The molecule has 0 aliphatic rings. The Morgan fingerprint density at radius 3 is 2.72 bits per heavy atom. The third kappa shape index (κ3) is 4.40. The molecule has 3 nitrogen and oxygen atoms in total. The molecular formula is C15H23NO2. The van der Waals surface area contributed by atoms with Gasteiger partial charge in [0.2, 0.25) is 5.91 Å². The molecule has 100 valence electrons. The maximum absolute atomic E-state index is 11.7. The molecule has 1 N–H and O–H groups in total. The number of hydrogen-bond donors (Lipinski definition) is 1. The summed E-state index contributed by atoms with van der Waals surface area (Å²) in [5.41, 5.74) is 2.28. The minimum Gasteiger partial charge on any atom is -0.496 e. The molecule has 18 heavy (non-hydrogen) atoms. The fraction of sp³-hybridized carbons (Fsp3) is 0.533. The van der Waals surface area contributed by atoms with Gasteiger partial charge in [-0.2, -0.15) is 0 Å². The summed E-state index contributed by atoms with van der Waals surface area (Å²) in [7, 11) is 1.67. The number of carbonyl (C=O) groups excluding carboxylic acids is 1. The van der Waals surface area contributed by atoms with Crippen molar-refractivity contribution < 1.29 is 9.53 Å². The average molecular weight is 249 g/mol. The number of benzene rings is 1. The maximum atomic E-state index is 11.7. The fourth-order valence-corrected chi connectivity index (χ4v) is 1.80. The van der Waals surface area contributed by atoms with Gasteiger partial charge in [0.05, 0.1) is 7.11 Å². The number of carbonyl (C=O) groups is 1. The minimum absolute atomic E-state index is 0.123. The molecule has 1 rings (SSSR count). The molecule has 0 aliphatic heterocycles. The van der Waals surface area contributed by atoms with Crippen molar-refractivity contribution in [2.45, 2.75) is 46.1 Å². The van der Waals surface area contributed by atoms with E-state index in [1.165, 1.54) is 5.56 Å². The molecule has 3 heteroatoms. The van der Waals surface area contributed by atoms with Crippen LogP contribution in [0.3, 0.4) is 0 Å². The van der Waals surface area contributed by atoms with Crippen LogP contribution in [-0.4, -0.2) is 19.1 Å². The van der Waals surface area contributed by atoms with E-state index in [2.05, 4.69) is 18.3 Å². The predicted octanol–water partition coefficient (Wildman–Crippen LogP) is 2.85. The summed E-state index contributed by atoms with van der Waals surface area (Å²) in [6, 6.07) is 6.31. The Balaban J connectivity index is 2.48. The highest BCUT2D eigenvalue weighted by Gasteiger charge is 2.06. The quantitative estimate of drug-likeness (QED) is 0.842. The topological polar surface area (TPSA) is 38.3 Å². The summed E-state index contributed by atoms with van der Waals surface area (Å²) < 4.78 is 5.21. The van der Waals surface area contributed by atoms with Gasteiger partial charge < -0.3 is 10.1 Å². The summed E-state index contributed by atoms with van der Waals surface area (Å²) in [4.78, 5) is 11.7. The van der Waals surface area contributed by atoms with Crippen molar-refractivity contribution in [3.8, 4) is 5.75 Å². The molecule has 1 aromatic carbocycles. The molecule has 0 saturated heterocycles. The number of nitrogens with one attached hydrogen (secondary N) is 1. The molecule has 1 atom stereocenters. The third-order valence-corrected chi connectivity index (χ3v) is 3.12. The van der Waals surface area contributed by atoms with Crippen LogP contribution in [0.2, 0.25) is 0 Å². The van der Waals surface area contributed by atoms with Gasteiger partial charge in [-0.15, -0.1) is 0 Å². The molecule has 0 saturated carbocycles. The van der Waals surface area contributed by atoms with Crippen LogP contribution in [0.25, 0.3) is 0 Å². The van der Waals surface area contributed by atoms with Crippen LogP contribution in [0, 0.1) is 6.92 Å². The maximum Gasteiger partial charge on any atom is 0.220 e. The van der Waals surface area contributed by atoms with Crippen LogP contribution in [-0.2, 0) is 11.2 Å². The van der Waals surface area contributed by atoms with Crippen LogP contribution >= 0.6 is 0 Å². The number of ether oxygens (including phenoxy) is 1. The molecule has 0 radical (unpaired) electrons. The lowest BCUT2D eigenvalue weighted by molar-refractivity contribution is -0.121. The van der Waals surface area contributed by atoms with Crippen molar-refractivity contribution in [2.75, 3.05) is 7.11 Å². The van der Waals surface area contributed by atoms with Gasteiger partial charge in [-0.25, -0.2) is 0 Å². The van der Waals surface area contributed by atoms with Crippen LogP contribution in [0.1, 0.15) is 37.8 Å². The Morgan fingerprint density at radius 2 is 2.17 bits per heavy atom. The van der Waals surface area contributed by atoms with Gasteiger partial charge in [-0.1, -0.05) is 19.1 Å². The van der Waals surface area contributed by atoms with E-state index in [0.717, 1.165) is 24.2 Å². The third-order valence-electron chi connectivity index (χ3n) is 3.12. The summed E-state index contributed by atoms with van der Waals surface area (Å²) in [5.74, 6) is 1.01. The van der Waals surface area contributed by atoms with E-state index >= 15 is 0 Å². The first-order valence-electron chi connectivity index (χ1n) is 6.49. The lowest BCUT2D eigenvalue weighted by atomic mass is 10.1. The molecule has 0 bridgehead atoms. The summed E-state index contributed by atoms with van der Waals surface area (Å²) >= 11 is 0. The minimum atomic E-state index is 0.123. The summed E-state index contributed by atoms with van der Waals surface area (Å²) in [5, 5.41) is 2.97. The van der Waals surface area contributed by atoms with Crippen molar-refractivity contribution >= 4 is 5.91 Å².